The molecule has 2 heterocycles. The summed E-state index contributed by atoms with van der Waals surface area (Å²) in [5, 5.41) is 12.0. The van der Waals surface area contributed by atoms with Gasteiger partial charge in [-0.2, -0.15) is 0 Å². The van der Waals surface area contributed by atoms with Crippen molar-refractivity contribution in [3.63, 3.8) is 0 Å². The van der Waals surface area contributed by atoms with Crippen molar-refractivity contribution in [2.75, 3.05) is 0 Å². The van der Waals surface area contributed by atoms with Crippen molar-refractivity contribution in [2.45, 2.75) is 99.3 Å². The molecule has 0 aliphatic carbocycles. The quantitative estimate of drug-likeness (QED) is 0.162. The average molecular weight is 1080 g/mol. The monoisotopic (exact) mass is 1070 g/mol. The molecule has 9 aromatic rings. The van der Waals surface area contributed by atoms with Crippen molar-refractivity contribution in [3.8, 4) is 78.6 Å². The summed E-state index contributed by atoms with van der Waals surface area (Å²) < 4.78 is 28.8. The largest absolute Gasteiger partial charge is 0.507 e. The van der Waals surface area contributed by atoms with Gasteiger partial charge < -0.3 is 5.11 Å². The van der Waals surface area contributed by atoms with E-state index >= 15 is 0 Å². The van der Waals surface area contributed by atoms with E-state index in [1.165, 1.54) is 5.56 Å². The van der Waals surface area contributed by atoms with Crippen LogP contribution >= 0.6 is 0 Å². The fraction of sp³-hybridized carbons (Fsp3) is 0.238. The molecular weight excluding hydrogens is 1010 g/mol. The number of para-hydroxylation sites is 1. The second kappa shape index (κ2) is 18.3. The number of aromatic hydroxyl groups is 1. The zero-order chi connectivity index (χ0) is 50.1. The molecule has 0 fully saturated rings. The number of imidazole rings is 1. The molecule has 9 rings (SSSR count). The number of phenolic OH excluding ortho intramolecular Hbond substituents is 1. The number of rotatable bonds is 7. The first-order valence-corrected chi connectivity index (χ1v) is 23.3. The van der Waals surface area contributed by atoms with E-state index in [0.717, 1.165) is 83.7 Å². The van der Waals surface area contributed by atoms with Crippen LogP contribution in [0.3, 0.4) is 0 Å². The second-order valence-electron chi connectivity index (χ2n) is 21.2. The maximum absolute atomic E-state index is 12.0. The third kappa shape index (κ3) is 9.41. The molecule has 346 valence electrons. The maximum atomic E-state index is 12.0. The number of hydrogen-bond donors (Lipinski definition) is 1. The van der Waals surface area contributed by atoms with Crippen molar-refractivity contribution in [1.82, 2.24) is 14.5 Å². The fourth-order valence-electron chi connectivity index (χ4n) is 9.09. The molecule has 4 nitrogen and oxygen atoms in total. The minimum Gasteiger partial charge on any atom is -0.507 e. The topological polar surface area (TPSA) is 50.9 Å². The van der Waals surface area contributed by atoms with Crippen LogP contribution in [0.25, 0.3) is 83.9 Å². The summed E-state index contributed by atoms with van der Waals surface area (Å²) in [5.41, 5.74) is 16.6. The number of aryl methyl sites for hydroxylation is 3. The zero-order valence-corrected chi connectivity index (χ0v) is 43.3. The molecule has 0 saturated carbocycles. The van der Waals surface area contributed by atoms with E-state index in [9.17, 15) is 5.11 Å². The van der Waals surface area contributed by atoms with E-state index < -0.39 is 6.85 Å². The molecule has 0 bridgehead atoms. The number of benzene rings is 7. The van der Waals surface area contributed by atoms with Gasteiger partial charge in [0.2, 0.25) is 0 Å². The van der Waals surface area contributed by atoms with Crippen molar-refractivity contribution in [2.24, 2.45) is 0 Å². The Balaban J connectivity index is 0.00000676. The van der Waals surface area contributed by atoms with Crippen LogP contribution in [0, 0.1) is 26.8 Å². The molecule has 0 aliphatic rings. The summed E-state index contributed by atoms with van der Waals surface area (Å²) in [4.78, 5) is 10.5. The van der Waals surface area contributed by atoms with E-state index in [2.05, 4.69) is 158 Å². The molecule has 0 atom stereocenters. The molecule has 7 aromatic carbocycles. The normalized spacial score (nSPS) is 12.9. The predicted octanol–water partition coefficient (Wildman–Crippen LogP) is 16.7. The Kier molecular flexibility index (Phi) is 11.9. The maximum Gasteiger partial charge on any atom is 0.148 e. The first-order valence-electron chi connectivity index (χ1n) is 24.8. The number of phenols is 1. The van der Waals surface area contributed by atoms with Gasteiger partial charge in [-0.15, -0.1) is 29.3 Å². The van der Waals surface area contributed by atoms with Gasteiger partial charge >= 0.3 is 0 Å². The SMILES string of the molecule is [2H]C([2H])([2H])c1cc(-c2ccc(C(C)(C)C)cc2)c(-n2c(-c3cc(C)cc(C)c3O)nc3c(-c4[c-]c(-c5cc(-c6ccc(C(C)(C)C)cc6)ccn5)cc(C(C)(C)C)c4)cccc32)cc1-c1ccccc1.[Pt]. The first kappa shape index (κ1) is 44.2. The van der Waals surface area contributed by atoms with Gasteiger partial charge in [0.15, 0.2) is 0 Å². The zero-order valence-electron chi connectivity index (χ0n) is 44.0. The van der Waals surface area contributed by atoms with Crippen LogP contribution in [-0.2, 0) is 37.3 Å². The van der Waals surface area contributed by atoms with E-state index in [4.69, 9.17) is 14.1 Å². The Bertz CT molecular complexity index is 3420. The molecule has 68 heavy (non-hydrogen) atoms. The van der Waals surface area contributed by atoms with E-state index in [-0.39, 0.29) is 48.6 Å². The Morgan fingerprint density at radius 2 is 1.15 bits per heavy atom. The summed E-state index contributed by atoms with van der Waals surface area (Å²) in [5.74, 6) is 0.656. The standard InChI is InChI=1S/C63H62N3O.Pt/c1-39-31-41(3)59(67)54(32-39)60-65-58-51(46-34-47(36-50(35-46)63(10,11)12)55-37-45(29-30-64-55)42-21-25-48(26-22-42)61(4,5)6)19-16-20-56(58)66(60)57-38-52(43-17-14-13-15-18-43)40(2)33-53(57)44-23-27-49(28-24-44)62(7,8)9;/h13-33,35-38,67H,1-12H3;/q-1;/i2D3;. The first-order chi connectivity index (χ1) is 33.0. The summed E-state index contributed by atoms with van der Waals surface area (Å²) in [7, 11) is 0. The third-order valence-corrected chi connectivity index (χ3v) is 13.0. The number of nitrogens with zero attached hydrogens (tertiary/aromatic N) is 3. The van der Waals surface area contributed by atoms with Gasteiger partial charge in [-0.05, 0) is 123 Å². The Morgan fingerprint density at radius 1 is 0.529 bits per heavy atom. The van der Waals surface area contributed by atoms with Gasteiger partial charge in [-0.1, -0.05) is 177 Å². The average Bonchev–Trinajstić information content (AvgIpc) is 3.71. The van der Waals surface area contributed by atoms with Crippen molar-refractivity contribution >= 4 is 11.0 Å². The molecule has 5 heteroatoms. The van der Waals surface area contributed by atoms with Crippen LogP contribution in [-0.4, -0.2) is 19.6 Å². The second-order valence-corrected chi connectivity index (χ2v) is 21.2. The molecule has 1 N–H and O–H groups in total. The van der Waals surface area contributed by atoms with Crippen molar-refractivity contribution in [1.29, 1.82) is 0 Å². The summed E-state index contributed by atoms with van der Waals surface area (Å²) in [6, 6.07) is 53.3. The van der Waals surface area contributed by atoms with E-state index in [1.807, 2.05) is 80.7 Å². The van der Waals surface area contributed by atoms with E-state index in [1.54, 1.807) is 0 Å². The van der Waals surface area contributed by atoms with Gasteiger partial charge in [0.25, 0.3) is 0 Å². The van der Waals surface area contributed by atoms with Crippen molar-refractivity contribution in [3.05, 3.63) is 191 Å². The van der Waals surface area contributed by atoms with Crippen LogP contribution in [0.5, 0.6) is 5.75 Å². The number of pyridine rings is 1. The Labute approximate surface area is 422 Å². The van der Waals surface area contributed by atoms with Crippen LogP contribution in [0.4, 0.5) is 0 Å². The molecule has 0 unspecified atom stereocenters. The fourth-order valence-corrected chi connectivity index (χ4v) is 9.09. The van der Waals surface area contributed by atoms with Gasteiger partial charge in [-0.3, -0.25) is 9.55 Å². The van der Waals surface area contributed by atoms with Gasteiger partial charge in [0.05, 0.1) is 22.3 Å². The molecule has 0 saturated heterocycles. The Morgan fingerprint density at radius 3 is 1.78 bits per heavy atom. The summed E-state index contributed by atoms with van der Waals surface area (Å²) >= 11 is 0. The molecular formula is C63H62N3OPt-. The molecule has 0 aliphatic heterocycles. The van der Waals surface area contributed by atoms with Crippen LogP contribution in [0.2, 0.25) is 0 Å². The molecule has 0 spiro atoms. The van der Waals surface area contributed by atoms with Crippen LogP contribution in [0.1, 0.15) is 99.8 Å². The smallest absolute Gasteiger partial charge is 0.148 e. The predicted molar refractivity (Wildman–Crippen MR) is 282 cm³/mol. The molecule has 2 aromatic heterocycles. The minimum atomic E-state index is -2.43. The number of hydrogen-bond acceptors (Lipinski definition) is 3. The molecule has 0 radical (unpaired) electrons. The number of aromatic nitrogens is 3. The van der Waals surface area contributed by atoms with Gasteiger partial charge in [0, 0.05) is 42.6 Å². The van der Waals surface area contributed by atoms with Crippen molar-refractivity contribution < 1.29 is 30.3 Å². The summed E-state index contributed by atoms with van der Waals surface area (Å²) in [6.45, 7) is 21.4. The van der Waals surface area contributed by atoms with Gasteiger partial charge in [-0.25, -0.2) is 4.98 Å². The Hall–Kier alpha value is -6.35. The van der Waals surface area contributed by atoms with Crippen LogP contribution in [0.15, 0.2) is 152 Å². The molecule has 0 amide bonds. The number of fused-ring (bicyclic) bond motifs is 1. The summed E-state index contributed by atoms with van der Waals surface area (Å²) in [6.07, 6.45) is 1.88. The van der Waals surface area contributed by atoms with Gasteiger partial charge in [0.1, 0.15) is 11.6 Å². The van der Waals surface area contributed by atoms with Crippen LogP contribution < -0.4 is 0 Å². The van der Waals surface area contributed by atoms with E-state index in [0.29, 0.717) is 22.5 Å². The minimum absolute atomic E-state index is 0. The third-order valence-electron chi connectivity index (χ3n) is 13.0.